The van der Waals surface area contributed by atoms with Crippen molar-refractivity contribution < 1.29 is 4.39 Å². The molecule has 1 fully saturated rings. The molecular formula is C11H14FN. The zero-order valence-electron chi connectivity index (χ0n) is 7.83. The molecule has 13 heavy (non-hydrogen) atoms. The van der Waals surface area contributed by atoms with Crippen molar-refractivity contribution in [2.24, 2.45) is 0 Å². The van der Waals surface area contributed by atoms with E-state index in [9.17, 15) is 4.39 Å². The van der Waals surface area contributed by atoms with Crippen molar-refractivity contribution in [3.63, 3.8) is 0 Å². The lowest BCUT2D eigenvalue weighted by Gasteiger charge is -2.36. The molecule has 1 aliphatic heterocycles. The third-order valence-electron chi connectivity index (χ3n) is 2.79. The summed E-state index contributed by atoms with van der Waals surface area (Å²) in [5, 5.41) is 0. The van der Waals surface area contributed by atoms with E-state index in [0.717, 1.165) is 0 Å². The lowest BCUT2D eigenvalue weighted by Crippen LogP contribution is -2.38. The summed E-state index contributed by atoms with van der Waals surface area (Å²) < 4.78 is 12.6. The van der Waals surface area contributed by atoms with Crippen molar-refractivity contribution in [3.8, 4) is 0 Å². The van der Waals surface area contributed by atoms with Gasteiger partial charge in [0.2, 0.25) is 0 Å². The standard InChI is InChI=1S/C11H14FN/c1-9(13-7-2-8-13)10-3-5-11(12)6-4-10/h3-6,9H,2,7-8H2,1H3. The minimum atomic E-state index is -0.153. The van der Waals surface area contributed by atoms with Gasteiger partial charge in [-0.15, -0.1) is 0 Å². The summed E-state index contributed by atoms with van der Waals surface area (Å²) in [5.74, 6) is -0.153. The molecule has 1 heterocycles. The SMILES string of the molecule is CC(c1ccc(F)cc1)N1CCC1. The van der Waals surface area contributed by atoms with Crippen LogP contribution in [0.15, 0.2) is 24.3 Å². The molecule has 0 amide bonds. The molecule has 0 N–H and O–H groups in total. The molecule has 1 aromatic carbocycles. The molecular weight excluding hydrogens is 165 g/mol. The fourth-order valence-corrected chi connectivity index (χ4v) is 1.68. The van der Waals surface area contributed by atoms with Crippen LogP contribution in [0.2, 0.25) is 0 Å². The Morgan fingerprint density at radius 2 is 1.85 bits per heavy atom. The maximum atomic E-state index is 12.6. The molecule has 1 saturated heterocycles. The first-order valence-corrected chi connectivity index (χ1v) is 4.77. The van der Waals surface area contributed by atoms with Crippen LogP contribution in [0, 0.1) is 5.82 Å². The van der Waals surface area contributed by atoms with E-state index >= 15 is 0 Å². The number of rotatable bonds is 2. The van der Waals surface area contributed by atoms with Crippen LogP contribution in [0.4, 0.5) is 4.39 Å². The van der Waals surface area contributed by atoms with Crippen LogP contribution >= 0.6 is 0 Å². The Kier molecular flexibility index (Phi) is 2.32. The van der Waals surface area contributed by atoms with Crippen LogP contribution in [0.1, 0.15) is 24.9 Å². The molecule has 0 aromatic heterocycles. The largest absolute Gasteiger partial charge is 0.297 e. The average molecular weight is 179 g/mol. The molecule has 0 spiro atoms. The molecule has 1 nitrogen and oxygen atoms in total. The van der Waals surface area contributed by atoms with Crippen molar-refractivity contribution in [1.29, 1.82) is 0 Å². The van der Waals surface area contributed by atoms with Gasteiger partial charge in [0.05, 0.1) is 0 Å². The van der Waals surface area contributed by atoms with E-state index in [1.54, 1.807) is 0 Å². The second-order valence-electron chi connectivity index (χ2n) is 3.62. The minimum absolute atomic E-state index is 0.153. The van der Waals surface area contributed by atoms with Crippen LogP contribution in [0.3, 0.4) is 0 Å². The first-order valence-electron chi connectivity index (χ1n) is 4.77. The van der Waals surface area contributed by atoms with Crippen LogP contribution < -0.4 is 0 Å². The van der Waals surface area contributed by atoms with Gasteiger partial charge in [0, 0.05) is 6.04 Å². The average Bonchev–Trinajstić information content (AvgIpc) is 2.02. The van der Waals surface area contributed by atoms with Gasteiger partial charge in [0.15, 0.2) is 0 Å². The molecule has 2 heteroatoms. The second kappa shape index (κ2) is 3.46. The number of benzene rings is 1. The molecule has 0 bridgehead atoms. The van der Waals surface area contributed by atoms with Gasteiger partial charge < -0.3 is 0 Å². The van der Waals surface area contributed by atoms with Crippen LogP contribution in [0.25, 0.3) is 0 Å². The first kappa shape index (κ1) is 8.70. The molecule has 1 aliphatic rings. The number of nitrogens with zero attached hydrogens (tertiary/aromatic N) is 1. The predicted molar refractivity (Wildman–Crippen MR) is 51.0 cm³/mol. The molecule has 0 aliphatic carbocycles. The van der Waals surface area contributed by atoms with Crippen molar-refractivity contribution in [2.75, 3.05) is 13.1 Å². The molecule has 1 atom stereocenters. The number of hydrogen-bond acceptors (Lipinski definition) is 1. The van der Waals surface area contributed by atoms with E-state index in [2.05, 4.69) is 11.8 Å². The van der Waals surface area contributed by atoms with Crippen LogP contribution in [0.5, 0.6) is 0 Å². The highest BCUT2D eigenvalue weighted by atomic mass is 19.1. The molecule has 1 unspecified atom stereocenters. The van der Waals surface area contributed by atoms with Crippen LogP contribution in [-0.4, -0.2) is 18.0 Å². The van der Waals surface area contributed by atoms with Gasteiger partial charge in [-0.2, -0.15) is 0 Å². The molecule has 70 valence electrons. The summed E-state index contributed by atoms with van der Waals surface area (Å²) >= 11 is 0. The highest BCUT2D eigenvalue weighted by Gasteiger charge is 2.20. The van der Waals surface area contributed by atoms with Gasteiger partial charge in [-0.05, 0) is 44.1 Å². The van der Waals surface area contributed by atoms with E-state index in [1.165, 1.54) is 37.2 Å². The second-order valence-corrected chi connectivity index (χ2v) is 3.62. The van der Waals surface area contributed by atoms with Gasteiger partial charge in [-0.1, -0.05) is 12.1 Å². The van der Waals surface area contributed by atoms with E-state index in [-0.39, 0.29) is 5.82 Å². The zero-order chi connectivity index (χ0) is 9.26. The topological polar surface area (TPSA) is 3.24 Å². The maximum Gasteiger partial charge on any atom is 0.123 e. The maximum absolute atomic E-state index is 12.6. The molecule has 0 radical (unpaired) electrons. The van der Waals surface area contributed by atoms with Crippen molar-refractivity contribution in [1.82, 2.24) is 4.90 Å². The van der Waals surface area contributed by atoms with E-state index in [1.807, 2.05) is 12.1 Å². The molecule has 0 saturated carbocycles. The Bertz CT molecular complexity index is 277. The Morgan fingerprint density at radius 1 is 1.23 bits per heavy atom. The third kappa shape index (κ3) is 1.73. The monoisotopic (exact) mass is 179 g/mol. The summed E-state index contributed by atoms with van der Waals surface area (Å²) in [4.78, 5) is 2.40. The smallest absolute Gasteiger partial charge is 0.123 e. The van der Waals surface area contributed by atoms with Crippen molar-refractivity contribution in [3.05, 3.63) is 35.6 Å². The van der Waals surface area contributed by atoms with Gasteiger partial charge in [0.1, 0.15) is 5.82 Å². The van der Waals surface area contributed by atoms with Crippen molar-refractivity contribution >= 4 is 0 Å². The fourth-order valence-electron chi connectivity index (χ4n) is 1.68. The van der Waals surface area contributed by atoms with Gasteiger partial charge in [0.25, 0.3) is 0 Å². The van der Waals surface area contributed by atoms with E-state index < -0.39 is 0 Å². The summed E-state index contributed by atoms with van der Waals surface area (Å²) in [6, 6.07) is 7.25. The minimum Gasteiger partial charge on any atom is -0.297 e. The number of halogens is 1. The van der Waals surface area contributed by atoms with Gasteiger partial charge in [-0.3, -0.25) is 4.90 Å². The first-order chi connectivity index (χ1) is 6.27. The predicted octanol–water partition coefficient (Wildman–Crippen LogP) is 2.59. The number of likely N-dealkylation sites (tertiary alicyclic amines) is 1. The van der Waals surface area contributed by atoms with Crippen LogP contribution in [-0.2, 0) is 0 Å². The summed E-state index contributed by atoms with van der Waals surface area (Å²) in [7, 11) is 0. The highest BCUT2D eigenvalue weighted by molar-refractivity contribution is 5.19. The normalized spacial score (nSPS) is 19.5. The summed E-state index contributed by atoms with van der Waals surface area (Å²) in [6.07, 6.45) is 1.30. The lowest BCUT2D eigenvalue weighted by molar-refractivity contribution is 0.128. The zero-order valence-corrected chi connectivity index (χ0v) is 7.83. The van der Waals surface area contributed by atoms with Gasteiger partial charge >= 0.3 is 0 Å². The summed E-state index contributed by atoms with van der Waals surface area (Å²) in [5.41, 5.74) is 1.21. The molecule has 2 rings (SSSR count). The Labute approximate surface area is 78.2 Å². The van der Waals surface area contributed by atoms with Gasteiger partial charge in [-0.25, -0.2) is 4.39 Å². The highest BCUT2D eigenvalue weighted by Crippen LogP contribution is 2.24. The quantitative estimate of drug-likeness (QED) is 0.674. The number of hydrogen-bond donors (Lipinski definition) is 0. The van der Waals surface area contributed by atoms with E-state index in [4.69, 9.17) is 0 Å². The third-order valence-corrected chi connectivity index (χ3v) is 2.79. The Morgan fingerprint density at radius 3 is 2.31 bits per heavy atom. The Hall–Kier alpha value is -0.890. The van der Waals surface area contributed by atoms with E-state index in [0.29, 0.717) is 6.04 Å². The summed E-state index contributed by atoms with van der Waals surface area (Å²) in [6.45, 7) is 4.53. The fraction of sp³-hybridized carbons (Fsp3) is 0.455. The Balaban J connectivity index is 2.10. The lowest BCUT2D eigenvalue weighted by atomic mass is 10.0. The van der Waals surface area contributed by atoms with Crippen molar-refractivity contribution in [2.45, 2.75) is 19.4 Å². The molecule has 1 aromatic rings.